The van der Waals surface area contributed by atoms with Gasteiger partial charge < -0.3 is 20.5 Å². The Bertz CT molecular complexity index is 921. The molecule has 0 fully saturated rings. The molecule has 1 aromatic carbocycles. The second-order valence-electron chi connectivity index (χ2n) is 5.95. The fourth-order valence-electron chi connectivity index (χ4n) is 2.23. The van der Waals surface area contributed by atoms with E-state index < -0.39 is 23.2 Å². The van der Waals surface area contributed by atoms with Crippen LogP contribution in [0, 0.1) is 11.6 Å². The zero-order chi connectivity index (χ0) is 20.8. The molecular formula is C17H19ClF2N4O4. The van der Waals surface area contributed by atoms with Crippen molar-refractivity contribution in [1.29, 1.82) is 0 Å². The first-order valence-electron chi connectivity index (χ1n) is 8.25. The molecule has 1 aromatic heterocycles. The number of carbonyl (C=O) groups excluding carboxylic acids is 1. The highest BCUT2D eigenvalue weighted by Crippen LogP contribution is 2.24. The van der Waals surface area contributed by atoms with E-state index in [1.54, 1.807) is 13.8 Å². The summed E-state index contributed by atoms with van der Waals surface area (Å²) in [6.07, 6.45) is 0. The molecule has 0 radical (unpaired) electrons. The normalized spacial score (nSPS) is 10.8. The smallest absolute Gasteiger partial charge is 0.312 e. The average Bonchev–Trinajstić information content (AvgIpc) is 2.61. The lowest BCUT2D eigenvalue weighted by Gasteiger charge is -2.18. The zero-order valence-electron chi connectivity index (χ0n) is 15.2. The average molecular weight is 417 g/mol. The minimum absolute atomic E-state index is 0.0181. The first kappa shape index (κ1) is 21.4. The summed E-state index contributed by atoms with van der Waals surface area (Å²) in [5.74, 6) is -1.79. The SMILES string of the molecule is CC(C)n1c(OCCNC(N)=O)nc(OCc2ccc(F)cc2F)c(Cl)c1=O. The highest BCUT2D eigenvalue weighted by atomic mass is 35.5. The third-order valence-corrected chi connectivity index (χ3v) is 3.85. The van der Waals surface area contributed by atoms with E-state index in [4.69, 9.17) is 26.8 Å². The van der Waals surface area contributed by atoms with E-state index in [9.17, 15) is 18.4 Å². The largest absolute Gasteiger partial charge is 0.471 e. The Morgan fingerprint density at radius 1 is 1.36 bits per heavy atom. The molecule has 2 amide bonds. The molecular weight excluding hydrogens is 398 g/mol. The Kier molecular flexibility index (Phi) is 7.16. The zero-order valence-corrected chi connectivity index (χ0v) is 15.9. The number of ether oxygens (including phenoxy) is 2. The van der Waals surface area contributed by atoms with Crippen molar-refractivity contribution in [1.82, 2.24) is 14.9 Å². The first-order chi connectivity index (χ1) is 13.2. The molecule has 28 heavy (non-hydrogen) atoms. The summed E-state index contributed by atoms with van der Waals surface area (Å²) in [6, 6.07) is 1.85. The lowest BCUT2D eigenvalue weighted by Crippen LogP contribution is -2.33. The number of carbonyl (C=O) groups is 1. The summed E-state index contributed by atoms with van der Waals surface area (Å²) in [5, 5.41) is 2.02. The predicted molar refractivity (Wildman–Crippen MR) is 97.7 cm³/mol. The first-order valence-corrected chi connectivity index (χ1v) is 8.63. The maximum absolute atomic E-state index is 13.7. The van der Waals surface area contributed by atoms with Crippen molar-refractivity contribution in [3.63, 3.8) is 0 Å². The molecule has 0 spiro atoms. The van der Waals surface area contributed by atoms with Crippen molar-refractivity contribution < 1.29 is 23.0 Å². The van der Waals surface area contributed by atoms with Crippen molar-refractivity contribution in [2.24, 2.45) is 5.73 Å². The van der Waals surface area contributed by atoms with Crippen molar-refractivity contribution in [3.8, 4) is 11.9 Å². The van der Waals surface area contributed by atoms with Gasteiger partial charge in [0.05, 0.1) is 6.54 Å². The van der Waals surface area contributed by atoms with E-state index >= 15 is 0 Å². The van der Waals surface area contributed by atoms with Crippen LogP contribution in [0.15, 0.2) is 23.0 Å². The van der Waals surface area contributed by atoms with Gasteiger partial charge in [-0.15, -0.1) is 0 Å². The Hall–Kier alpha value is -2.88. The third kappa shape index (κ3) is 5.32. The number of halogens is 3. The van der Waals surface area contributed by atoms with Crippen LogP contribution in [0.4, 0.5) is 13.6 Å². The van der Waals surface area contributed by atoms with Crippen LogP contribution in [-0.2, 0) is 6.61 Å². The number of nitrogens with zero attached hydrogens (tertiary/aromatic N) is 2. The number of aromatic nitrogens is 2. The van der Waals surface area contributed by atoms with Crippen LogP contribution in [0.25, 0.3) is 0 Å². The van der Waals surface area contributed by atoms with E-state index in [2.05, 4.69) is 10.3 Å². The number of amides is 2. The monoisotopic (exact) mass is 416 g/mol. The van der Waals surface area contributed by atoms with Gasteiger partial charge in [0, 0.05) is 17.7 Å². The van der Waals surface area contributed by atoms with Gasteiger partial charge in [0.1, 0.15) is 24.8 Å². The minimum atomic E-state index is -0.805. The van der Waals surface area contributed by atoms with Crippen molar-refractivity contribution in [3.05, 3.63) is 50.8 Å². The molecule has 0 saturated carbocycles. The van der Waals surface area contributed by atoms with E-state index in [1.165, 1.54) is 10.6 Å². The summed E-state index contributed by atoms with van der Waals surface area (Å²) in [7, 11) is 0. The summed E-state index contributed by atoms with van der Waals surface area (Å²) in [4.78, 5) is 27.3. The van der Waals surface area contributed by atoms with Gasteiger partial charge in [-0.2, -0.15) is 4.98 Å². The molecule has 152 valence electrons. The van der Waals surface area contributed by atoms with Gasteiger partial charge in [0.25, 0.3) is 5.56 Å². The molecule has 0 aliphatic carbocycles. The van der Waals surface area contributed by atoms with Gasteiger partial charge >= 0.3 is 12.0 Å². The Balaban J connectivity index is 2.25. The summed E-state index contributed by atoms with van der Waals surface area (Å²) >= 11 is 6.04. The fourth-order valence-corrected chi connectivity index (χ4v) is 2.42. The van der Waals surface area contributed by atoms with Gasteiger partial charge in [-0.25, -0.2) is 13.6 Å². The number of nitrogens with two attached hydrogens (primary N) is 1. The molecule has 0 unspecified atom stereocenters. The second-order valence-corrected chi connectivity index (χ2v) is 6.32. The van der Waals surface area contributed by atoms with Crippen LogP contribution in [0.5, 0.6) is 11.9 Å². The van der Waals surface area contributed by atoms with Crippen LogP contribution in [0.3, 0.4) is 0 Å². The molecule has 11 heteroatoms. The topological polar surface area (TPSA) is 108 Å². The van der Waals surface area contributed by atoms with Gasteiger partial charge in [-0.1, -0.05) is 11.6 Å². The van der Waals surface area contributed by atoms with E-state index in [0.717, 1.165) is 6.07 Å². The lowest BCUT2D eigenvalue weighted by molar-refractivity contribution is 0.232. The third-order valence-electron chi connectivity index (χ3n) is 3.53. The minimum Gasteiger partial charge on any atom is -0.471 e. The van der Waals surface area contributed by atoms with Crippen LogP contribution in [0.1, 0.15) is 25.5 Å². The number of primary amides is 1. The number of hydrogen-bond acceptors (Lipinski definition) is 5. The highest BCUT2D eigenvalue weighted by Gasteiger charge is 2.20. The van der Waals surface area contributed by atoms with E-state index in [0.29, 0.717) is 6.07 Å². The van der Waals surface area contributed by atoms with E-state index in [-0.39, 0.29) is 48.3 Å². The van der Waals surface area contributed by atoms with Crippen LogP contribution < -0.4 is 26.1 Å². The number of rotatable bonds is 8. The number of nitrogens with one attached hydrogen (secondary N) is 1. The quantitative estimate of drug-likeness (QED) is 0.642. The van der Waals surface area contributed by atoms with Gasteiger partial charge in [0.2, 0.25) is 5.88 Å². The van der Waals surface area contributed by atoms with Gasteiger partial charge in [0.15, 0.2) is 5.02 Å². The van der Waals surface area contributed by atoms with E-state index in [1.807, 2.05) is 0 Å². The maximum Gasteiger partial charge on any atom is 0.312 e. The molecule has 0 aliphatic rings. The summed E-state index contributed by atoms with van der Waals surface area (Å²) < 4.78 is 38.7. The lowest BCUT2D eigenvalue weighted by atomic mass is 10.2. The Labute approximate surface area is 164 Å². The Morgan fingerprint density at radius 2 is 2.07 bits per heavy atom. The summed E-state index contributed by atoms with van der Waals surface area (Å²) in [6.45, 7) is 3.19. The van der Waals surface area contributed by atoms with Crippen LogP contribution >= 0.6 is 11.6 Å². The number of hydrogen-bond donors (Lipinski definition) is 2. The molecule has 0 atom stereocenters. The van der Waals surface area contributed by atoms with Crippen LogP contribution in [0.2, 0.25) is 5.02 Å². The molecule has 8 nitrogen and oxygen atoms in total. The van der Waals surface area contributed by atoms with Gasteiger partial charge in [-0.05, 0) is 26.0 Å². The highest BCUT2D eigenvalue weighted by molar-refractivity contribution is 6.31. The Morgan fingerprint density at radius 3 is 2.68 bits per heavy atom. The van der Waals surface area contributed by atoms with Crippen molar-refractivity contribution in [2.75, 3.05) is 13.2 Å². The number of benzene rings is 1. The van der Waals surface area contributed by atoms with Crippen molar-refractivity contribution >= 4 is 17.6 Å². The molecule has 2 rings (SSSR count). The molecule has 0 aliphatic heterocycles. The second kappa shape index (κ2) is 9.36. The van der Waals surface area contributed by atoms with Crippen molar-refractivity contribution in [2.45, 2.75) is 26.5 Å². The van der Waals surface area contributed by atoms with Gasteiger partial charge in [-0.3, -0.25) is 9.36 Å². The number of urea groups is 1. The maximum atomic E-state index is 13.7. The molecule has 0 saturated heterocycles. The fraction of sp³-hybridized carbons (Fsp3) is 0.353. The van der Waals surface area contributed by atoms with Crippen LogP contribution in [-0.4, -0.2) is 28.7 Å². The predicted octanol–water partition coefficient (Wildman–Crippen LogP) is 2.38. The molecule has 1 heterocycles. The molecule has 0 bridgehead atoms. The summed E-state index contributed by atoms with van der Waals surface area (Å²) in [5.41, 5.74) is 4.41. The molecule has 3 N–H and O–H groups in total. The standard InChI is InChI=1S/C17H19ClF2N4O4/c1-9(2)24-15(25)13(18)14(23-17(24)27-6-5-22-16(21)26)28-8-10-3-4-11(19)7-12(10)20/h3-4,7,9H,5-6,8H2,1-2H3,(H3,21,22,26). The molecule has 2 aromatic rings.